The Morgan fingerprint density at radius 2 is 1.93 bits per heavy atom. The summed E-state index contributed by atoms with van der Waals surface area (Å²) in [5.74, 6) is -0.405. The predicted molar refractivity (Wildman–Crippen MR) is 158 cm³/mol. The minimum atomic E-state index is -0.518. The number of aromatic hydroxyl groups is 1. The molecule has 7 rings (SSSR count). The van der Waals surface area contributed by atoms with Gasteiger partial charge in [-0.2, -0.15) is 9.97 Å². The second kappa shape index (κ2) is 12.2. The normalized spacial score (nSPS) is 23.7. The fraction of sp³-hybridized carbons (Fsp3) is 0.548. The van der Waals surface area contributed by atoms with Gasteiger partial charge in [0.2, 0.25) is 0 Å². The van der Waals surface area contributed by atoms with Crippen LogP contribution in [0.2, 0.25) is 0 Å². The molecule has 3 unspecified atom stereocenters. The van der Waals surface area contributed by atoms with Crippen LogP contribution < -0.4 is 14.5 Å². The van der Waals surface area contributed by atoms with Gasteiger partial charge in [-0.25, -0.2) is 8.78 Å². The molecule has 4 aliphatic rings. The van der Waals surface area contributed by atoms with Crippen molar-refractivity contribution >= 4 is 28.3 Å². The third kappa shape index (κ3) is 5.70. The number of carbonyl (C=O) groups excluding carboxylic acids is 1. The summed E-state index contributed by atoms with van der Waals surface area (Å²) >= 11 is 0. The third-order valence-electron chi connectivity index (χ3n) is 8.98. The SMILES string of the molecule is CCc1c(F)cnc2cc(O)cc(N3Cc4nc(OC)nc(N5CCCC(O)CC5)c4C3=O)c12.FC1CC2CCCN2C1. The van der Waals surface area contributed by atoms with E-state index >= 15 is 0 Å². The molecule has 3 saturated heterocycles. The number of ether oxygens (including phenoxy) is 1. The standard InChI is InChI=1S/C24H26FN5O4.C7H12FN/c1-3-15-16(25)11-26-17-9-14(32)10-19(20(15)17)30-12-18-21(23(30)33)22(28-24(27-18)34-2)29-7-4-5-13(31)6-8-29;8-6-4-7-2-1-3-9(7)5-6/h9-11,13,31-32H,3-8,12H2,1-2H3;6-7H,1-5H2. The monoisotopic (exact) mass is 596 g/mol. The van der Waals surface area contributed by atoms with Crippen molar-refractivity contribution < 1.29 is 28.5 Å². The Balaban J connectivity index is 0.000000310. The van der Waals surface area contributed by atoms with E-state index in [2.05, 4.69) is 19.9 Å². The zero-order valence-electron chi connectivity index (χ0n) is 24.6. The van der Waals surface area contributed by atoms with E-state index in [1.165, 1.54) is 37.0 Å². The van der Waals surface area contributed by atoms with Gasteiger partial charge in [0, 0.05) is 48.8 Å². The molecule has 1 amide bonds. The Morgan fingerprint density at radius 3 is 2.70 bits per heavy atom. The van der Waals surface area contributed by atoms with Gasteiger partial charge in [0.25, 0.3) is 5.91 Å². The van der Waals surface area contributed by atoms with Gasteiger partial charge < -0.3 is 24.7 Å². The van der Waals surface area contributed by atoms with Crippen molar-refractivity contribution in [2.45, 2.75) is 76.7 Å². The van der Waals surface area contributed by atoms with Crippen molar-refractivity contribution in [2.75, 3.05) is 43.1 Å². The summed E-state index contributed by atoms with van der Waals surface area (Å²) in [7, 11) is 1.47. The average Bonchev–Trinajstić information content (AvgIpc) is 3.62. The lowest BCUT2D eigenvalue weighted by atomic mass is 10.0. The lowest BCUT2D eigenvalue weighted by Gasteiger charge is -2.24. The molecule has 3 atom stereocenters. The van der Waals surface area contributed by atoms with Crippen molar-refractivity contribution in [3.63, 3.8) is 0 Å². The molecule has 2 aromatic heterocycles. The molecule has 0 spiro atoms. The number of hydrogen-bond acceptors (Lipinski definition) is 9. The molecule has 43 heavy (non-hydrogen) atoms. The zero-order chi connectivity index (χ0) is 30.2. The number of benzene rings is 1. The van der Waals surface area contributed by atoms with Crippen molar-refractivity contribution in [2.24, 2.45) is 0 Å². The number of carbonyl (C=O) groups is 1. The highest BCUT2D eigenvalue weighted by atomic mass is 19.1. The summed E-state index contributed by atoms with van der Waals surface area (Å²) in [5, 5.41) is 20.9. The van der Waals surface area contributed by atoms with Gasteiger partial charge in [-0.1, -0.05) is 6.92 Å². The van der Waals surface area contributed by atoms with Gasteiger partial charge in [0.05, 0.1) is 42.9 Å². The molecule has 10 nitrogen and oxygen atoms in total. The Hall–Kier alpha value is -3.64. The van der Waals surface area contributed by atoms with Crippen molar-refractivity contribution in [3.05, 3.63) is 41.0 Å². The average molecular weight is 597 g/mol. The van der Waals surface area contributed by atoms with Crippen LogP contribution in [0.3, 0.4) is 0 Å². The summed E-state index contributed by atoms with van der Waals surface area (Å²) in [4.78, 5) is 32.6. The van der Waals surface area contributed by atoms with E-state index in [1.54, 1.807) is 0 Å². The van der Waals surface area contributed by atoms with Gasteiger partial charge in [-0.05, 0) is 51.5 Å². The largest absolute Gasteiger partial charge is 0.508 e. The number of phenols is 1. The lowest BCUT2D eigenvalue weighted by Crippen LogP contribution is -2.29. The summed E-state index contributed by atoms with van der Waals surface area (Å²) in [6.07, 6.45) is 5.98. The number of alkyl halides is 1. The van der Waals surface area contributed by atoms with Gasteiger partial charge >= 0.3 is 6.01 Å². The molecule has 6 heterocycles. The van der Waals surface area contributed by atoms with E-state index in [-0.39, 0.29) is 30.3 Å². The number of aliphatic hydroxyl groups excluding tert-OH is 1. The van der Waals surface area contributed by atoms with E-state index in [1.807, 2.05) is 11.8 Å². The number of fused-ring (bicyclic) bond motifs is 3. The van der Waals surface area contributed by atoms with Gasteiger partial charge in [-0.3, -0.25) is 14.7 Å². The van der Waals surface area contributed by atoms with Crippen LogP contribution in [0.5, 0.6) is 11.8 Å². The number of hydrogen-bond donors (Lipinski definition) is 2. The van der Waals surface area contributed by atoms with Crippen molar-refractivity contribution in [1.82, 2.24) is 19.9 Å². The number of phenolic OH excluding ortho intramolecular Hbond substituents is 1. The molecular weight excluding hydrogens is 558 g/mol. The van der Waals surface area contributed by atoms with Crippen LogP contribution in [-0.2, 0) is 13.0 Å². The molecule has 230 valence electrons. The maximum atomic E-state index is 14.6. The van der Waals surface area contributed by atoms with Crippen LogP contribution in [-0.4, -0.2) is 87.6 Å². The molecule has 3 fully saturated rings. The Labute approximate surface area is 249 Å². The highest BCUT2D eigenvalue weighted by molar-refractivity contribution is 6.16. The summed E-state index contributed by atoms with van der Waals surface area (Å²) in [5.41, 5.74) is 2.06. The Morgan fingerprint density at radius 1 is 1.12 bits per heavy atom. The van der Waals surface area contributed by atoms with Crippen LogP contribution in [0.25, 0.3) is 10.9 Å². The number of methoxy groups -OCH3 is 1. The number of aromatic nitrogens is 3. The fourth-order valence-electron chi connectivity index (χ4n) is 6.88. The Bertz CT molecular complexity index is 1510. The molecule has 0 aliphatic carbocycles. The van der Waals surface area contributed by atoms with Crippen molar-refractivity contribution in [1.29, 1.82) is 0 Å². The first-order valence-corrected chi connectivity index (χ1v) is 15.1. The molecule has 12 heteroatoms. The lowest BCUT2D eigenvalue weighted by molar-refractivity contribution is 0.0997. The van der Waals surface area contributed by atoms with Crippen LogP contribution >= 0.6 is 0 Å². The second-order valence-electron chi connectivity index (χ2n) is 11.7. The highest BCUT2D eigenvalue weighted by Gasteiger charge is 2.38. The number of halogens is 2. The first kappa shape index (κ1) is 29.4. The maximum Gasteiger partial charge on any atom is 0.318 e. The topological polar surface area (TPSA) is 115 Å². The van der Waals surface area contributed by atoms with Crippen LogP contribution in [0.4, 0.5) is 20.3 Å². The molecule has 3 aromatic rings. The maximum absolute atomic E-state index is 14.6. The number of aryl methyl sites for hydroxylation is 1. The van der Waals surface area contributed by atoms with Crippen molar-refractivity contribution in [3.8, 4) is 11.8 Å². The minimum Gasteiger partial charge on any atom is -0.508 e. The third-order valence-corrected chi connectivity index (χ3v) is 8.98. The predicted octanol–water partition coefficient (Wildman–Crippen LogP) is 4.14. The summed E-state index contributed by atoms with van der Waals surface area (Å²) in [6.45, 7) is 4.99. The molecule has 4 aliphatic heterocycles. The van der Waals surface area contributed by atoms with E-state index in [0.29, 0.717) is 84.2 Å². The first-order chi connectivity index (χ1) is 20.8. The van der Waals surface area contributed by atoms with E-state index in [0.717, 1.165) is 25.6 Å². The number of rotatable bonds is 4. The van der Waals surface area contributed by atoms with Gasteiger partial charge in [0.1, 0.15) is 29.1 Å². The molecule has 0 bridgehead atoms. The first-order valence-electron chi connectivity index (χ1n) is 15.1. The van der Waals surface area contributed by atoms with E-state index < -0.39 is 12.0 Å². The molecule has 2 N–H and O–H groups in total. The van der Waals surface area contributed by atoms with Gasteiger partial charge in [-0.15, -0.1) is 0 Å². The quantitative estimate of drug-likeness (QED) is 0.459. The minimum absolute atomic E-state index is 0.0715. The summed E-state index contributed by atoms with van der Waals surface area (Å²) in [6, 6.07) is 3.68. The summed E-state index contributed by atoms with van der Waals surface area (Å²) < 4.78 is 32.5. The van der Waals surface area contributed by atoms with E-state index in [9.17, 15) is 23.8 Å². The zero-order valence-corrected chi connectivity index (χ0v) is 24.6. The fourth-order valence-corrected chi connectivity index (χ4v) is 6.88. The van der Waals surface area contributed by atoms with Crippen LogP contribution in [0.15, 0.2) is 18.3 Å². The number of aliphatic hydroxyl groups is 1. The van der Waals surface area contributed by atoms with Gasteiger partial charge in [0.15, 0.2) is 0 Å². The smallest absolute Gasteiger partial charge is 0.318 e. The number of anilines is 2. The highest BCUT2D eigenvalue weighted by Crippen LogP contribution is 2.40. The number of amides is 1. The molecule has 0 saturated carbocycles. The van der Waals surface area contributed by atoms with Crippen LogP contribution in [0.1, 0.15) is 67.1 Å². The molecule has 1 aromatic carbocycles. The van der Waals surface area contributed by atoms with Crippen LogP contribution in [0, 0.1) is 5.82 Å². The molecule has 0 radical (unpaired) electrons. The van der Waals surface area contributed by atoms with E-state index in [4.69, 9.17) is 4.74 Å². The number of pyridine rings is 1. The second-order valence-corrected chi connectivity index (χ2v) is 11.7. The Kier molecular flexibility index (Phi) is 8.32. The number of nitrogens with zero attached hydrogens (tertiary/aromatic N) is 6. The molecular formula is C31H38F2N6O4.